The molecule has 0 saturated heterocycles. The van der Waals surface area contributed by atoms with Crippen molar-refractivity contribution in [3.05, 3.63) is 119 Å². The van der Waals surface area contributed by atoms with Gasteiger partial charge in [-0.1, -0.05) is 68.8 Å². The number of nitrogens with two attached hydrogens (primary N) is 1. The minimum Gasteiger partial charge on any atom is -0.351 e. The fourth-order valence-corrected chi connectivity index (χ4v) is 4.68. The molecule has 5 rings (SSSR count). The molecule has 0 spiro atoms. The predicted octanol–water partition coefficient (Wildman–Crippen LogP) is 7.22. The fourth-order valence-electron chi connectivity index (χ4n) is 4.68. The molecule has 0 radical (unpaired) electrons. The molecule has 0 aliphatic heterocycles. The van der Waals surface area contributed by atoms with E-state index in [0.29, 0.717) is 27.5 Å². The lowest BCUT2D eigenvalue weighted by Gasteiger charge is -2.21. The van der Waals surface area contributed by atoms with Gasteiger partial charge in [-0.15, -0.1) is 0 Å². The van der Waals surface area contributed by atoms with Crippen LogP contribution in [0.15, 0.2) is 91.0 Å². The Morgan fingerprint density at radius 2 is 1.57 bits per heavy atom. The number of rotatable bonds is 7. The molecule has 0 unspecified atom stereocenters. The fraction of sp³-hybridized carbons (Fsp3) is 0.176. The largest absolute Gasteiger partial charge is 0.351 e. The maximum absolute atomic E-state index is 14.5. The minimum atomic E-state index is -1.09. The molecule has 0 bridgehead atoms. The first kappa shape index (κ1) is 30.1. The van der Waals surface area contributed by atoms with Crippen LogP contribution in [0.2, 0.25) is 0 Å². The van der Waals surface area contributed by atoms with Crippen molar-refractivity contribution in [1.29, 1.82) is 0 Å². The molecule has 0 fully saturated rings. The van der Waals surface area contributed by atoms with Gasteiger partial charge in [0.25, 0.3) is 0 Å². The van der Waals surface area contributed by atoms with E-state index in [1.807, 2.05) is 43.3 Å². The minimum absolute atomic E-state index is 0.0545. The number of nitrogens with zero attached hydrogens (tertiary/aromatic N) is 4. The zero-order chi connectivity index (χ0) is 31.6. The highest BCUT2D eigenvalue weighted by atomic mass is 19.1. The third kappa shape index (κ3) is 6.49. The Balaban J connectivity index is 1.40. The lowest BCUT2D eigenvalue weighted by molar-refractivity contribution is -0.115. The van der Waals surface area contributed by atoms with Gasteiger partial charge in [-0.2, -0.15) is 5.10 Å². The van der Waals surface area contributed by atoms with Gasteiger partial charge in [0.1, 0.15) is 29.0 Å². The number of pyridine rings is 1. The molecular weight excluding hydrogens is 562 g/mol. The van der Waals surface area contributed by atoms with E-state index in [-0.39, 0.29) is 23.6 Å². The number of benzene rings is 3. The van der Waals surface area contributed by atoms with E-state index >= 15 is 0 Å². The van der Waals surface area contributed by atoms with Crippen molar-refractivity contribution in [1.82, 2.24) is 14.8 Å². The van der Waals surface area contributed by atoms with Crippen LogP contribution < -0.4 is 16.0 Å². The zero-order valence-electron chi connectivity index (χ0n) is 24.8. The average molecular weight is 595 g/mol. The second-order valence-corrected chi connectivity index (χ2v) is 11.5. The molecule has 44 heavy (non-hydrogen) atoms. The van der Waals surface area contributed by atoms with Crippen molar-refractivity contribution < 1.29 is 18.4 Å². The molecule has 0 aliphatic carbocycles. The smallest absolute Gasteiger partial charge is 0.325 e. The first-order valence-electron chi connectivity index (χ1n) is 14.0. The number of carbonyl (C=O) groups excluding carboxylic acids is 2. The van der Waals surface area contributed by atoms with Crippen molar-refractivity contribution in [2.45, 2.75) is 39.5 Å². The molecule has 224 valence electrons. The lowest BCUT2D eigenvalue weighted by Crippen LogP contribution is -2.33. The number of hydrogen-bond donors (Lipinski definition) is 2. The Labute approximate surface area is 254 Å². The van der Waals surface area contributed by atoms with Crippen molar-refractivity contribution in [3.8, 4) is 16.9 Å². The highest BCUT2D eigenvalue weighted by Crippen LogP contribution is 2.31. The quantitative estimate of drug-likeness (QED) is 0.208. The number of nitrogens with one attached hydrogen (secondary N) is 1. The van der Waals surface area contributed by atoms with Crippen molar-refractivity contribution in [2.24, 2.45) is 5.73 Å². The van der Waals surface area contributed by atoms with Gasteiger partial charge in [0.2, 0.25) is 5.91 Å². The summed E-state index contributed by atoms with van der Waals surface area (Å²) >= 11 is 0. The first-order chi connectivity index (χ1) is 20.9. The summed E-state index contributed by atoms with van der Waals surface area (Å²) in [6.45, 7) is 8.19. The topological polar surface area (TPSA) is 106 Å². The number of anilines is 3. The Bertz CT molecular complexity index is 1820. The van der Waals surface area contributed by atoms with Crippen LogP contribution in [0.25, 0.3) is 16.9 Å². The highest BCUT2D eigenvalue weighted by molar-refractivity contribution is 5.98. The molecule has 0 atom stereocenters. The van der Waals surface area contributed by atoms with Gasteiger partial charge in [-0.25, -0.2) is 28.1 Å². The molecular formula is C34H32F2N6O2. The monoisotopic (exact) mass is 594 g/mol. The van der Waals surface area contributed by atoms with Crippen molar-refractivity contribution in [2.75, 3.05) is 10.2 Å². The number of halogens is 2. The van der Waals surface area contributed by atoms with Crippen molar-refractivity contribution >= 4 is 29.3 Å². The third-order valence-electron chi connectivity index (χ3n) is 6.96. The molecule has 0 aliphatic rings. The van der Waals surface area contributed by atoms with Gasteiger partial charge in [0.05, 0.1) is 23.5 Å². The Morgan fingerprint density at radius 3 is 2.23 bits per heavy atom. The van der Waals surface area contributed by atoms with Crippen LogP contribution in [-0.4, -0.2) is 26.7 Å². The predicted molar refractivity (Wildman–Crippen MR) is 167 cm³/mol. The lowest BCUT2D eigenvalue weighted by atomic mass is 9.92. The average Bonchev–Trinajstić information content (AvgIpc) is 3.39. The van der Waals surface area contributed by atoms with E-state index in [4.69, 9.17) is 10.8 Å². The van der Waals surface area contributed by atoms with E-state index in [2.05, 4.69) is 31.1 Å². The van der Waals surface area contributed by atoms with Gasteiger partial charge in [-0.05, 0) is 55.0 Å². The molecule has 0 saturated carbocycles. The summed E-state index contributed by atoms with van der Waals surface area (Å²) in [4.78, 5) is 30.7. The van der Waals surface area contributed by atoms with Crippen LogP contribution in [0.5, 0.6) is 0 Å². The highest BCUT2D eigenvalue weighted by Gasteiger charge is 2.25. The van der Waals surface area contributed by atoms with E-state index < -0.39 is 23.4 Å². The second-order valence-electron chi connectivity index (χ2n) is 11.5. The Hall–Kier alpha value is -5.38. The first-order valence-corrected chi connectivity index (χ1v) is 14.0. The third-order valence-corrected chi connectivity index (χ3v) is 6.96. The number of carbonyl (C=O) groups is 2. The molecule has 2 heterocycles. The number of para-hydroxylation sites is 1. The summed E-state index contributed by atoms with van der Waals surface area (Å²) in [6, 6.07) is 23.8. The molecule has 5 aromatic rings. The molecule has 10 heteroatoms. The second kappa shape index (κ2) is 12.1. The molecule has 3 amide bonds. The molecule has 3 aromatic carbocycles. The summed E-state index contributed by atoms with van der Waals surface area (Å²) in [6.07, 6.45) is 0.0608. The van der Waals surface area contributed by atoms with Gasteiger partial charge >= 0.3 is 6.03 Å². The van der Waals surface area contributed by atoms with Crippen LogP contribution in [-0.2, 0) is 16.6 Å². The van der Waals surface area contributed by atoms with Crippen LogP contribution >= 0.6 is 0 Å². The van der Waals surface area contributed by atoms with E-state index in [1.54, 1.807) is 35.0 Å². The normalized spacial score (nSPS) is 11.3. The summed E-state index contributed by atoms with van der Waals surface area (Å²) < 4.78 is 30.8. The van der Waals surface area contributed by atoms with E-state index in [9.17, 15) is 18.4 Å². The Morgan fingerprint density at radius 1 is 0.909 bits per heavy atom. The van der Waals surface area contributed by atoms with Gasteiger partial charge in [0.15, 0.2) is 0 Å². The number of primary amides is 1. The Kier molecular flexibility index (Phi) is 8.26. The molecule has 8 nitrogen and oxygen atoms in total. The summed E-state index contributed by atoms with van der Waals surface area (Å²) in [7, 11) is 0. The number of urea groups is 1. The van der Waals surface area contributed by atoms with Gasteiger partial charge in [0, 0.05) is 17.0 Å². The SMILES string of the molecule is Cc1ccc(-n2nc(C(C)(C)C)cc2NC(=O)Cc2cccc(-c3cccc(N(C(N)=O)c4c(F)cccc4F)n3)c2)cc1. The maximum atomic E-state index is 14.5. The summed E-state index contributed by atoms with van der Waals surface area (Å²) in [5, 5.41) is 7.78. The van der Waals surface area contributed by atoms with Crippen LogP contribution in [0.1, 0.15) is 37.6 Å². The number of aromatic nitrogens is 3. The van der Waals surface area contributed by atoms with Gasteiger partial charge in [-0.3, -0.25) is 4.79 Å². The number of hydrogen-bond acceptors (Lipinski definition) is 4. The van der Waals surface area contributed by atoms with Crippen LogP contribution in [0, 0.1) is 18.6 Å². The molecule has 3 N–H and O–H groups in total. The summed E-state index contributed by atoms with van der Waals surface area (Å²) in [5.74, 6) is -1.65. The number of aryl methyl sites for hydroxylation is 1. The zero-order valence-corrected chi connectivity index (χ0v) is 24.8. The van der Waals surface area contributed by atoms with Gasteiger partial charge < -0.3 is 11.1 Å². The number of amides is 3. The van der Waals surface area contributed by atoms with Crippen LogP contribution in [0.4, 0.5) is 30.9 Å². The molecule has 2 aromatic heterocycles. The summed E-state index contributed by atoms with van der Waals surface area (Å²) in [5.41, 5.74) is 9.20. The van der Waals surface area contributed by atoms with E-state index in [1.165, 1.54) is 12.1 Å². The standard InChI is InChI=1S/C34H32F2N6O2/c1-21-14-16-24(17-15-21)42-30(20-28(40-42)34(2,3)4)39-31(43)19-22-8-5-9-23(18-22)27-12-7-13-29(38-27)41(33(37)44)32-25(35)10-6-11-26(32)36/h5-18,20H,19H2,1-4H3,(H2,37,44)(H,39,43). The van der Waals surface area contributed by atoms with E-state index in [0.717, 1.165) is 29.1 Å². The van der Waals surface area contributed by atoms with Crippen LogP contribution in [0.3, 0.4) is 0 Å². The van der Waals surface area contributed by atoms with Crippen molar-refractivity contribution in [3.63, 3.8) is 0 Å². The maximum Gasteiger partial charge on any atom is 0.325 e.